The van der Waals surface area contributed by atoms with Crippen molar-refractivity contribution in [3.05, 3.63) is 80.8 Å². The number of carbonyl (C=O) groups is 1. The van der Waals surface area contributed by atoms with Crippen LogP contribution >= 0.6 is 15.9 Å². The van der Waals surface area contributed by atoms with E-state index < -0.39 is 4.92 Å². The van der Waals surface area contributed by atoms with Crippen molar-refractivity contribution >= 4 is 33.2 Å². The van der Waals surface area contributed by atoms with Gasteiger partial charge in [-0.15, -0.1) is 0 Å². The summed E-state index contributed by atoms with van der Waals surface area (Å²) in [6.07, 6.45) is 6.42. The molecule has 0 atom stereocenters. The standard InChI is InChI=1S/C19H15BrN4O3/c20-15-4-6-16-13(10-15)2-1-8-23(16)19(25)14-3-5-17(18(11-14)24(26)27)22-9-7-21-12-22/h3-7,9-12H,1-2,8H2. The van der Waals surface area contributed by atoms with Crippen molar-refractivity contribution in [2.75, 3.05) is 11.4 Å². The molecule has 4 rings (SSSR count). The zero-order chi connectivity index (χ0) is 19.0. The number of hydrogen-bond acceptors (Lipinski definition) is 4. The normalized spacial score (nSPS) is 13.3. The first-order chi connectivity index (χ1) is 13.0. The molecule has 0 fully saturated rings. The van der Waals surface area contributed by atoms with E-state index in [0.29, 0.717) is 17.8 Å². The Morgan fingerprint density at radius 2 is 2.00 bits per heavy atom. The molecule has 136 valence electrons. The molecule has 0 saturated heterocycles. The molecule has 7 nitrogen and oxygen atoms in total. The van der Waals surface area contributed by atoms with Gasteiger partial charge in [0.05, 0.1) is 11.3 Å². The van der Waals surface area contributed by atoms with E-state index in [4.69, 9.17) is 0 Å². The van der Waals surface area contributed by atoms with Crippen LogP contribution in [-0.2, 0) is 6.42 Å². The number of rotatable bonds is 3. The topological polar surface area (TPSA) is 81.3 Å². The van der Waals surface area contributed by atoms with Crippen molar-refractivity contribution in [2.45, 2.75) is 12.8 Å². The van der Waals surface area contributed by atoms with Crippen molar-refractivity contribution in [1.29, 1.82) is 0 Å². The highest BCUT2D eigenvalue weighted by atomic mass is 79.9. The molecule has 0 N–H and O–H groups in total. The van der Waals surface area contributed by atoms with E-state index in [9.17, 15) is 14.9 Å². The number of aryl methyl sites for hydroxylation is 1. The molecule has 0 unspecified atom stereocenters. The Morgan fingerprint density at radius 3 is 2.74 bits per heavy atom. The van der Waals surface area contributed by atoms with Crippen LogP contribution in [0.25, 0.3) is 5.69 Å². The molecule has 0 spiro atoms. The molecule has 2 heterocycles. The fraction of sp³-hybridized carbons (Fsp3) is 0.158. The highest BCUT2D eigenvalue weighted by Gasteiger charge is 2.26. The quantitative estimate of drug-likeness (QED) is 0.465. The van der Waals surface area contributed by atoms with Gasteiger partial charge in [0.2, 0.25) is 0 Å². The average Bonchev–Trinajstić information content (AvgIpc) is 3.20. The predicted molar refractivity (Wildman–Crippen MR) is 104 cm³/mol. The van der Waals surface area contributed by atoms with Gasteiger partial charge in [-0.25, -0.2) is 4.98 Å². The van der Waals surface area contributed by atoms with E-state index in [1.165, 1.54) is 12.4 Å². The van der Waals surface area contributed by atoms with E-state index in [1.807, 2.05) is 18.2 Å². The number of fused-ring (bicyclic) bond motifs is 1. The van der Waals surface area contributed by atoms with Crippen LogP contribution in [0, 0.1) is 10.1 Å². The number of anilines is 1. The molecule has 27 heavy (non-hydrogen) atoms. The molecule has 2 aromatic carbocycles. The van der Waals surface area contributed by atoms with E-state index in [1.54, 1.807) is 34.0 Å². The lowest BCUT2D eigenvalue weighted by Gasteiger charge is -2.29. The Morgan fingerprint density at radius 1 is 1.19 bits per heavy atom. The molecule has 1 aliphatic rings. The lowest BCUT2D eigenvalue weighted by Crippen LogP contribution is -2.35. The summed E-state index contributed by atoms with van der Waals surface area (Å²) in [5, 5.41) is 11.5. The maximum atomic E-state index is 13.1. The minimum atomic E-state index is -0.479. The lowest BCUT2D eigenvalue weighted by molar-refractivity contribution is -0.384. The second-order valence-electron chi connectivity index (χ2n) is 6.26. The number of halogens is 1. The number of amides is 1. The Hall–Kier alpha value is -3.00. The summed E-state index contributed by atoms with van der Waals surface area (Å²) < 4.78 is 2.52. The number of nitro benzene ring substituents is 1. The van der Waals surface area contributed by atoms with Gasteiger partial charge in [-0.1, -0.05) is 15.9 Å². The number of aromatic nitrogens is 2. The lowest BCUT2D eigenvalue weighted by atomic mass is 10.0. The van der Waals surface area contributed by atoms with Gasteiger partial charge in [0.25, 0.3) is 11.6 Å². The molecule has 0 saturated carbocycles. The largest absolute Gasteiger partial charge is 0.308 e. The van der Waals surface area contributed by atoms with Crippen molar-refractivity contribution < 1.29 is 9.72 Å². The van der Waals surface area contributed by atoms with Crippen LogP contribution in [0.2, 0.25) is 0 Å². The second kappa shape index (κ2) is 6.96. The third-order valence-corrected chi connectivity index (χ3v) is 5.10. The highest BCUT2D eigenvalue weighted by molar-refractivity contribution is 9.10. The number of imidazole rings is 1. The van der Waals surface area contributed by atoms with Gasteiger partial charge in [0.1, 0.15) is 5.69 Å². The van der Waals surface area contributed by atoms with Gasteiger partial charge in [-0.3, -0.25) is 14.9 Å². The van der Waals surface area contributed by atoms with Gasteiger partial charge in [0.15, 0.2) is 0 Å². The van der Waals surface area contributed by atoms with Crippen LogP contribution in [0.15, 0.2) is 59.6 Å². The molecule has 0 radical (unpaired) electrons. The summed E-state index contributed by atoms with van der Waals surface area (Å²) in [5.74, 6) is -0.237. The molecule has 1 aromatic heterocycles. The monoisotopic (exact) mass is 426 g/mol. The SMILES string of the molecule is O=C(c1ccc(-n2ccnc2)c([N+](=O)[O-])c1)N1CCCc2cc(Br)ccc21. The van der Waals surface area contributed by atoms with Crippen LogP contribution in [0.3, 0.4) is 0 Å². The van der Waals surface area contributed by atoms with Gasteiger partial charge in [-0.05, 0) is 48.7 Å². The molecule has 8 heteroatoms. The van der Waals surface area contributed by atoms with E-state index in [2.05, 4.69) is 20.9 Å². The summed E-state index contributed by atoms with van der Waals surface area (Å²) in [6, 6.07) is 10.4. The Bertz CT molecular complexity index is 1030. The van der Waals surface area contributed by atoms with E-state index >= 15 is 0 Å². The first-order valence-corrected chi connectivity index (χ1v) is 9.21. The van der Waals surface area contributed by atoms with Crippen LogP contribution in [0.1, 0.15) is 22.3 Å². The number of hydrogen-bond donors (Lipinski definition) is 0. The molecule has 0 aliphatic carbocycles. The number of carbonyl (C=O) groups excluding carboxylic acids is 1. The number of nitrogens with zero attached hydrogens (tertiary/aromatic N) is 4. The number of benzene rings is 2. The van der Waals surface area contributed by atoms with Crippen molar-refractivity contribution in [3.8, 4) is 5.69 Å². The summed E-state index contributed by atoms with van der Waals surface area (Å²) in [5.41, 5.74) is 2.48. The smallest absolute Gasteiger partial charge is 0.294 e. The van der Waals surface area contributed by atoms with E-state index in [0.717, 1.165) is 28.6 Å². The zero-order valence-electron chi connectivity index (χ0n) is 14.2. The van der Waals surface area contributed by atoms with Gasteiger partial charge in [-0.2, -0.15) is 0 Å². The Labute approximate surface area is 163 Å². The molecule has 1 aliphatic heterocycles. The first kappa shape index (κ1) is 17.4. The maximum Gasteiger partial charge on any atom is 0.294 e. The third kappa shape index (κ3) is 3.23. The zero-order valence-corrected chi connectivity index (χ0v) is 15.8. The third-order valence-electron chi connectivity index (χ3n) is 4.61. The first-order valence-electron chi connectivity index (χ1n) is 8.41. The van der Waals surface area contributed by atoms with Gasteiger partial charge < -0.3 is 9.47 Å². The predicted octanol–water partition coefficient (Wildman–Crippen LogP) is 4.14. The van der Waals surface area contributed by atoms with Crippen LogP contribution < -0.4 is 4.90 Å². The minimum Gasteiger partial charge on any atom is -0.308 e. The minimum absolute atomic E-state index is 0.133. The highest BCUT2D eigenvalue weighted by Crippen LogP contribution is 2.32. The fourth-order valence-corrected chi connectivity index (χ4v) is 3.76. The van der Waals surface area contributed by atoms with Crippen molar-refractivity contribution in [3.63, 3.8) is 0 Å². The molecular weight excluding hydrogens is 412 g/mol. The molecule has 1 amide bonds. The van der Waals surface area contributed by atoms with Crippen LogP contribution in [0.5, 0.6) is 0 Å². The van der Waals surface area contributed by atoms with Crippen molar-refractivity contribution in [1.82, 2.24) is 9.55 Å². The molecule has 0 bridgehead atoms. The molecular formula is C19H15BrN4O3. The molecule has 3 aromatic rings. The Balaban J connectivity index is 1.73. The maximum absolute atomic E-state index is 13.1. The van der Waals surface area contributed by atoms with Crippen molar-refractivity contribution in [2.24, 2.45) is 0 Å². The van der Waals surface area contributed by atoms with E-state index in [-0.39, 0.29) is 11.6 Å². The number of nitro groups is 1. The second-order valence-corrected chi connectivity index (χ2v) is 7.18. The fourth-order valence-electron chi connectivity index (χ4n) is 3.36. The summed E-state index contributed by atoms with van der Waals surface area (Å²) in [6.45, 7) is 0.588. The van der Waals surface area contributed by atoms with Crippen LogP contribution in [0.4, 0.5) is 11.4 Å². The summed E-state index contributed by atoms with van der Waals surface area (Å²) >= 11 is 3.46. The Kier molecular flexibility index (Phi) is 4.49. The van der Waals surface area contributed by atoms with Crippen LogP contribution in [-0.4, -0.2) is 26.9 Å². The van der Waals surface area contributed by atoms with Gasteiger partial charge in [0, 0.05) is 40.7 Å². The van der Waals surface area contributed by atoms with Gasteiger partial charge >= 0.3 is 0 Å². The summed E-state index contributed by atoms with van der Waals surface area (Å²) in [4.78, 5) is 29.8. The average molecular weight is 427 g/mol. The summed E-state index contributed by atoms with van der Waals surface area (Å²) in [7, 11) is 0.